The molecule has 1 unspecified atom stereocenters. The Morgan fingerprint density at radius 3 is 3.25 bits per heavy atom. The van der Waals surface area contributed by atoms with E-state index in [9.17, 15) is 9.90 Å². The predicted molar refractivity (Wildman–Crippen MR) is 74.5 cm³/mol. The molecule has 2 aromatic heterocycles. The summed E-state index contributed by atoms with van der Waals surface area (Å²) in [4.78, 5) is 13.2. The van der Waals surface area contributed by atoms with Crippen LogP contribution in [0.2, 0.25) is 0 Å². The molecule has 20 heavy (non-hydrogen) atoms. The number of thiophene rings is 1. The van der Waals surface area contributed by atoms with Crippen molar-refractivity contribution < 1.29 is 9.90 Å². The molecular weight excluding hydrogens is 276 g/mol. The molecule has 2 aromatic rings. The van der Waals surface area contributed by atoms with Crippen molar-refractivity contribution in [1.29, 1.82) is 0 Å². The number of nitrogens with one attached hydrogen (secondary N) is 1. The number of aromatic nitrogens is 3. The Morgan fingerprint density at radius 1 is 1.65 bits per heavy atom. The van der Waals surface area contributed by atoms with Gasteiger partial charge in [-0.15, -0.1) is 16.4 Å². The SMILES string of the molecule is Cn1cc(C(=O)NCC2(O)CCCc3sccc32)nn1. The van der Waals surface area contributed by atoms with Gasteiger partial charge in [0.05, 0.1) is 12.7 Å². The Labute approximate surface area is 120 Å². The Hall–Kier alpha value is -1.73. The number of hydrogen-bond donors (Lipinski definition) is 2. The maximum absolute atomic E-state index is 12.0. The first-order chi connectivity index (χ1) is 9.58. The molecule has 0 saturated carbocycles. The smallest absolute Gasteiger partial charge is 0.273 e. The van der Waals surface area contributed by atoms with Gasteiger partial charge in [-0.25, -0.2) is 0 Å². The van der Waals surface area contributed by atoms with E-state index >= 15 is 0 Å². The Balaban J connectivity index is 1.71. The molecule has 2 N–H and O–H groups in total. The van der Waals surface area contributed by atoms with Crippen LogP contribution in [0.25, 0.3) is 0 Å². The molecular formula is C13H16N4O2S. The number of carbonyl (C=O) groups is 1. The van der Waals surface area contributed by atoms with Gasteiger partial charge >= 0.3 is 0 Å². The van der Waals surface area contributed by atoms with Gasteiger partial charge in [0.1, 0.15) is 5.60 Å². The normalized spacial score (nSPS) is 21.5. The van der Waals surface area contributed by atoms with Crippen molar-refractivity contribution in [2.45, 2.75) is 24.9 Å². The first-order valence-electron chi connectivity index (χ1n) is 6.52. The van der Waals surface area contributed by atoms with Crippen LogP contribution >= 0.6 is 11.3 Å². The summed E-state index contributed by atoms with van der Waals surface area (Å²) in [5.74, 6) is -0.311. The molecule has 7 heteroatoms. The average Bonchev–Trinajstić information content (AvgIpc) is 3.06. The summed E-state index contributed by atoms with van der Waals surface area (Å²) in [6.45, 7) is 0.201. The fourth-order valence-corrected chi connectivity index (χ4v) is 3.59. The van der Waals surface area contributed by atoms with Gasteiger partial charge in [-0.3, -0.25) is 9.48 Å². The number of hydrogen-bond acceptors (Lipinski definition) is 5. The van der Waals surface area contributed by atoms with Crippen LogP contribution in [0.3, 0.4) is 0 Å². The van der Waals surface area contributed by atoms with Crippen molar-refractivity contribution in [2.24, 2.45) is 7.05 Å². The largest absolute Gasteiger partial charge is 0.383 e. The Bertz CT molecular complexity index is 636. The first kappa shape index (κ1) is 13.3. The minimum absolute atomic E-state index is 0.201. The van der Waals surface area contributed by atoms with Gasteiger partial charge in [0.2, 0.25) is 0 Å². The number of aliphatic hydroxyl groups is 1. The molecule has 1 amide bonds. The van der Waals surface area contributed by atoms with Gasteiger partial charge in [0.25, 0.3) is 5.91 Å². The van der Waals surface area contributed by atoms with Gasteiger partial charge < -0.3 is 10.4 Å². The summed E-state index contributed by atoms with van der Waals surface area (Å²) in [5, 5.41) is 23.0. The third-order valence-corrected chi connectivity index (χ3v) is 4.60. The second-order valence-corrected chi connectivity index (χ2v) is 6.10. The average molecular weight is 292 g/mol. The van der Waals surface area contributed by atoms with Crippen molar-refractivity contribution in [2.75, 3.05) is 6.54 Å². The van der Waals surface area contributed by atoms with Crippen LogP contribution in [0.1, 0.15) is 33.8 Å². The Morgan fingerprint density at radius 2 is 2.50 bits per heavy atom. The minimum atomic E-state index is -0.967. The fraction of sp³-hybridized carbons (Fsp3) is 0.462. The highest BCUT2D eigenvalue weighted by Gasteiger charge is 2.35. The number of amides is 1. The van der Waals surface area contributed by atoms with E-state index in [0.29, 0.717) is 6.42 Å². The van der Waals surface area contributed by atoms with E-state index < -0.39 is 5.60 Å². The Kier molecular flexibility index (Phi) is 3.31. The van der Waals surface area contributed by atoms with E-state index in [4.69, 9.17) is 0 Å². The quantitative estimate of drug-likeness (QED) is 0.878. The number of rotatable bonds is 3. The third-order valence-electron chi connectivity index (χ3n) is 3.62. The lowest BCUT2D eigenvalue weighted by molar-refractivity contribution is 0.0197. The number of fused-ring (bicyclic) bond motifs is 1. The molecule has 0 radical (unpaired) electrons. The maximum atomic E-state index is 12.0. The van der Waals surface area contributed by atoms with E-state index in [1.54, 1.807) is 24.6 Å². The van der Waals surface area contributed by atoms with Crippen LogP contribution in [0, 0.1) is 0 Å². The van der Waals surface area contributed by atoms with Gasteiger partial charge in [-0.2, -0.15) is 0 Å². The zero-order chi connectivity index (χ0) is 14.2. The number of nitrogens with zero attached hydrogens (tertiary/aromatic N) is 3. The molecule has 0 aromatic carbocycles. The molecule has 1 atom stereocenters. The highest BCUT2D eigenvalue weighted by molar-refractivity contribution is 7.10. The molecule has 0 fully saturated rings. The van der Waals surface area contributed by atoms with Crippen molar-refractivity contribution >= 4 is 17.2 Å². The third kappa shape index (κ3) is 2.34. The van der Waals surface area contributed by atoms with Crippen molar-refractivity contribution in [3.8, 4) is 0 Å². The van der Waals surface area contributed by atoms with Crippen molar-refractivity contribution in [3.05, 3.63) is 33.8 Å². The van der Waals surface area contributed by atoms with Crippen LogP contribution < -0.4 is 5.32 Å². The van der Waals surface area contributed by atoms with Gasteiger partial charge in [-0.1, -0.05) is 5.21 Å². The van der Waals surface area contributed by atoms with E-state index in [0.717, 1.165) is 18.4 Å². The van der Waals surface area contributed by atoms with Crippen LogP contribution in [-0.2, 0) is 19.1 Å². The zero-order valence-corrected chi connectivity index (χ0v) is 12.0. The molecule has 0 aliphatic heterocycles. The fourth-order valence-electron chi connectivity index (χ4n) is 2.58. The lowest BCUT2D eigenvalue weighted by Crippen LogP contribution is -2.42. The summed E-state index contributed by atoms with van der Waals surface area (Å²) in [6, 6.07) is 1.95. The molecule has 6 nitrogen and oxygen atoms in total. The molecule has 0 bridgehead atoms. The van der Waals surface area contributed by atoms with Gasteiger partial charge in [-0.05, 0) is 36.3 Å². The molecule has 1 aliphatic carbocycles. The molecule has 0 spiro atoms. The molecule has 3 rings (SSSR count). The monoisotopic (exact) mass is 292 g/mol. The number of aryl methyl sites for hydroxylation is 2. The molecule has 2 heterocycles. The minimum Gasteiger partial charge on any atom is -0.383 e. The molecule has 0 saturated heterocycles. The second kappa shape index (κ2) is 4.99. The zero-order valence-electron chi connectivity index (χ0n) is 11.2. The highest BCUT2D eigenvalue weighted by atomic mass is 32.1. The van der Waals surface area contributed by atoms with Crippen LogP contribution in [-0.4, -0.2) is 32.6 Å². The van der Waals surface area contributed by atoms with Crippen molar-refractivity contribution in [1.82, 2.24) is 20.3 Å². The van der Waals surface area contributed by atoms with Crippen LogP contribution in [0.5, 0.6) is 0 Å². The van der Waals surface area contributed by atoms with Gasteiger partial charge in [0, 0.05) is 11.9 Å². The van der Waals surface area contributed by atoms with Gasteiger partial charge in [0.15, 0.2) is 5.69 Å². The van der Waals surface area contributed by atoms with E-state index in [-0.39, 0.29) is 18.1 Å². The highest BCUT2D eigenvalue weighted by Crippen LogP contribution is 2.37. The summed E-state index contributed by atoms with van der Waals surface area (Å²) < 4.78 is 1.47. The standard InChI is InChI=1S/C13H16N4O2S/c1-17-7-10(15-16-17)12(18)14-8-13(19)5-2-3-11-9(13)4-6-20-11/h4,6-7,19H,2-3,5,8H2,1H3,(H,14,18). The van der Waals surface area contributed by atoms with Crippen LogP contribution in [0.4, 0.5) is 0 Å². The van der Waals surface area contributed by atoms with Crippen molar-refractivity contribution in [3.63, 3.8) is 0 Å². The lowest BCUT2D eigenvalue weighted by Gasteiger charge is -2.32. The van der Waals surface area contributed by atoms with Crippen LogP contribution in [0.15, 0.2) is 17.6 Å². The summed E-state index contributed by atoms with van der Waals surface area (Å²) in [5.41, 5.74) is 0.247. The second-order valence-electron chi connectivity index (χ2n) is 5.10. The number of carbonyl (C=O) groups excluding carboxylic acids is 1. The van der Waals surface area contributed by atoms with E-state index in [1.807, 2.05) is 11.4 Å². The lowest BCUT2D eigenvalue weighted by atomic mass is 9.83. The summed E-state index contributed by atoms with van der Waals surface area (Å²) in [6.07, 6.45) is 4.16. The maximum Gasteiger partial charge on any atom is 0.273 e. The summed E-state index contributed by atoms with van der Waals surface area (Å²) >= 11 is 1.66. The van der Waals surface area contributed by atoms with E-state index in [2.05, 4.69) is 15.6 Å². The van der Waals surface area contributed by atoms with E-state index in [1.165, 1.54) is 9.56 Å². The predicted octanol–water partition coefficient (Wildman–Crippen LogP) is 0.830. The summed E-state index contributed by atoms with van der Waals surface area (Å²) in [7, 11) is 1.70. The molecule has 1 aliphatic rings. The molecule has 106 valence electrons. The topological polar surface area (TPSA) is 80.0 Å². The first-order valence-corrected chi connectivity index (χ1v) is 7.40.